The summed E-state index contributed by atoms with van der Waals surface area (Å²) >= 11 is 0. The van der Waals surface area contributed by atoms with Crippen LogP contribution in [0.25, 0.3) is 0 Å². The quantitative estimate of drug-likeness (QED) is 0.431. The van der Waals surface area contributed by atoms with E-state index in [1.165, 1.54) is 0 Å². The summed E-state index contributed by atoms with van der Waals surface area (Å²) in [7, 11) is 0. The molecule has 0 aliphatic carbocycles. The molecule has 0 saturated heterocycles. The standard InChI is InChI=1S/C4H6F2/c1-3-4(2,5)6/h1-3H2. The van der Waals surface area contributed by atoms with Gasteiger partial charge in [0.15, 0.2) is 0 Å². The van der Waals surface area contributed by atoms with E-state index in [0.29, 0.717) is 0 Å². The van der Waals surface area contributed by atoms with Crippen LogP contribution in [-0.2, 0) is 0 Å². The number of hydrogen-bond donors (Lipinski definition) is 0. The van der Waals surface area contributed by atoms with Crippen molar-refractivity contribution in [2.24, 2.45) is 0 Å². The Morgan fingerprint density at radius 2 is 1.83 bits per heavy atom. The van der Waals surface area contributed by atoms with Crippen LogP contribution in [-0.4, -0.2) is 5.92 Å². The summed E-state index contributed by atoms with van der Waals surface area (Å²) in [5.74, 6) is -2.82. The second-order valence-corrected chi connectivity index (χ2v) is 1.11. The minimum Gasteiger partial charge on any atom is -0.333 e. The summed E-state index contributed by atoms with van der Waals surface area (Å²) in [6.45, 7) is 5.44. The lowest BCUT2D eigenvalue weighted by atomic mass is 10.3. The fourth-order valence-corrected chi connectivity index (χ4v) is 0. The summed E-state index contributed by atoms with van der Waals surface area (Å²) < 4.78 is 22.6. The van der Waals surface area contributed by atoms with Crippen molar-refractivity contribution < 1.29 is 8.78 Å². The van der Waals surface area contributed by atoms with E-state index in [-0.39, 0.29) is 0 Å². The van der Waals surface area contributed by atoms with Crippen LogP contribution in [0.15, 0.2) is 0 Å². The van der Waals surface area contributed by atoms with Crippen LogP contribution >= 0.6 is 0 Å². The molecule has 0 saturated carbocycles. The molecule has 0 nitrogen and oxygen atoms in total. The van der Waals surface area contributed by atoms with Crippen LogP contribution < -0.4 is 0 Å². The Kier molecular flexibility index (Phi) is 1.39. The summed E-state index contributed by atoms with van der Waals surface area (Å²) in [6, 6.07) is 0. The molecule has 0 aliphatic rings. The molecule has 0 N–H and O–H groups in total. The molecule has 0 bridgehead atoms. The first kappa shape index (κ1) is 5.73. The molecule has 0 radical (unpaired) electrons. The van der Waals surface area contributed by atoms with Gasteiger partial charge in [-0.05, 0) is 0 Å². The van der Waals surface area contributed by atoms with E-state index in [2.05, 4.69) is 13.8 Å². The van der Waals surface area contributed by atoms with Gasteiger partial charge in [0, 0.05) is 0 Å². The summed E-state index contributed by atoms with van der Waals surface area (Å²) in [6.07, 6.45) is -0.424. The molecule has 0 aliphatic heterocycles. The highest BCUT2D eigenvalue weighted by atomic mass is 19.3. The van der Waals surface area contributed by atoms with Crippen molar-refractivity contribution in [3.63, 3.8) is 0 Å². The van der Waals surface area contributed by atoms with Crippen LogP contribution in [0, 0.1) is 13.8 Å². The van der Waals surface area contributed by atoms with Gasteiger partial charge in [-0.15, -0.1) is 0 Å². The molecule has 0 aromatic carbocycles. The highest BCUT2D eigenvalue weighted by molar-refractivity contribution is 4.67. The van der Waals surface area contributed by atoms with Gasteiger partial charge in [0.05, 0.1) is 0 Å². The Balaban J connectivity index is 3.17. The van der Waals surface area contributed by atoms with E-state index in [0.717, 1.165) is 0 Å². The number of hydrogen-bond acceptors (Lipinski definition) is 0. The van der Waals surface area contributed by atoms with Gasteiger partial charge in [-0.3, -0.25) is 0 Å². The largest absolute Gasteiger partial charge is 0.357 e. The number of rotatable bonds is 1. The Bertz CT molecular complexity index is 35.3. The molecule has 0 amide bonds. The zero-order chi connectivity index (χ0) is 5.21. The van der Waals surface area contributed by atoms with E-state index >= 15 is 0 Å². The maximum absolute atomic E-state index is 11.3. The van der Waals surface area contributed by atoms with Crippen LogP contribution in [0.2, 0.25) is 0 Å². The van der Waals surface area contributed by atoms with Crippen molar-refractivity contribution in [1.29, 1.82) is 0 Å². The molecule has 0 fully saturated rings. The van der Waals surface area contributed by atoms with Crippen molar-refractivity contribution in [2.45, 2.75) is 12.3 Å². The van der Waals surface area contributed by atoms with Gasteiger partial charge in [-0.2, -0.15) is 8.78 Å². The van der Waals surface area contributed by atoms with Crippen molar-refractivity contribution in [1.82, 2.24) is 0 Å². The third-order valence-electron chi connectivity index (χ3n) is 0.366. The zero-order valence-electron chi connectivity index (χ0n) is 3.38. The first-order chi connectivity index (χ1) is 2.56. The first-order valence-corrected chi connectivity index (χ1v) is 1.59. The second kappa shape index (κ2) is 1.45. The van der Waals surface area contributed by atoms with E-state index < -0.39 is 12.3 Å². The normalized spacial score (nSPS) is 11.8. The first-order valence-electron chi connectivity index (χ1n) is 1.59. The zero-order valence-corrected chi connectivity index (χ0v) is 3.38. The van der Waals surface area contributed by atoms with Crippen molar-refractivity contribution in [3.8, 4) is 0 Å². The van der Waals surface area contributed by atoms with E-state index in [9.17, 15) is 8.78 Å². The molecule has 0 unspecified atom stereocenters. The molecule has 0 atom stereocenters. The Labute approximate surface area is 36.2 Å². The van der Waals surface area contributed by atoms with Gasteiger partial charge < -0.3 is 6.92 Å². The molecule has 0 spiro atoms. The van der Waals surface area contributed by atoms with Gasteiger partial charge in [0.25, 0.3) is 0 Å². The van der Waals surface area contributed by atoms with Crippen molar-refractivity contribution in [3.05, 3.63) is 13.8 Å². The summed E-state index contributed by atoms with van der Waals surface area (Å²) in [5.41, 5.74) is 0. The summed E-state index contributed by atoms with van der Waals surface area (Å²) in [5, 5.41) is 0. The molecule has 0 heterocycles. The average molecular weight is 92.1 g/mol. The predicted octanol–water partition coefficient (Wildman–Crippen LogP) is 1.68. The Hall–Kier alpha value is -0.270. The molecular weight excluding hydrogens is 86.0 g/mol. The number of halogens is 2. The van der Waals surface area contributed by atoms with Crippen molar-refractivity contribution in [2.75, 3.05) is 0 Å². The summed E-state index contributed by atoms with van der Waals surface area (Å²) in [4.78, 5) is 0. The lowest BCUT2D eigenvalue weighted by molar-refractivity contribution is 0.0547. The topological polar surface area (TPSA) is 0 Å². The lowest BCUT2D eigenvalue weighted by Crippen LogP contribution is -2.06. The monoisotopic (exact) mass is 92.0 g/mol. The third-order valence-corrected chi connectivity index (χ3v) is 0.366. The fraction of sp³-hybridized carbons (Fsp3) is 0.500. The van der Waals surface area contributed by atoms with Crippen LogP contribution in [0.3, 0.4) is 0 Å². The fourth-order valence-electron chi connectivity index (χ4n) is 0. The van der Waals surface area contributed by atoms with Gasteiger partial charge >= 0.3 is 5.92 Å². The predicted molar refractivity (Wildman–Crippen MR) is 20.3 cm³/mol. The van der Waals surface area contributed by atoms with E-state index in [1.54, 1.807) is 0 Å². The molecule has 2 heteroatoms. The molecule has 6 heavy (non-hydrogen) atoms. The Morgan fingerprint density at radius 3 is 1.83 bits per heavy atom. The SMILES string of the molecule is [CH2+]C(F)(F)C[CH2-]. The third kappa shape index (κ3) is 3.73. The highest BCUT2D eigenvalue weighted by Crippen LogP contribution is 2.13. The highest BCUT2D eigenvalue weighted by Gasteiger charge is 2.21. The van der Waals surface area contributed by atoms with Gasteiger partial charge in [-0.25, -0.2) is 0 Å². The minimum atomic E-state index is -2.82. The molecule has 0 rings (SSSR count). The maximum atomic E-state index is 11.3. The average Bonchev–Trinajstić information content (AvgIpc) is 1.35. The smallest absolute Gasteiger partial charge is 0.333 e. The molecule has 36 valence electrons. The van der Waals surface area contributed by atoms with Crippen LogP contribution in [0.1, 0.15) is 6.42 Å². The molecular formula is C4H6F2. The number of alkyl halides is 2. The molecule has 0 aromatic rings. The second-order valence-electron chi connectivity index (χ2n) is 1.11. The van der Waals surface area contributed by atoms with Crippen LogP contribution in [0.4, 0.5) is 8.78 Å². The maximum Gasteiger partial charge on any atom is 0.357 e. The van der Waals surface area contributed by atoms with Crippen molar-refractivity contribution >= 4 is 0 Å². The van der Waals surface area contributed by atoms with Gasteiger partial charge in [0.2, 0.25) is 0 Å². The van der Waals surface area contributed by atoms with Gasteiger partial charge in [0.1, 0.15) is 6.92 Å². The Morgan fingerprint density at radius 1 is 1.67 bits per heavy atom. The van der Waals surface area contributed by atoms with E-state index in [1.807, 2.05) is 0 Å². The van der Waals surface area contributed by atoms with E-state index in [4.69, 9.17) is 0 Å². The van der Waals surface area contributed by atoms with Gasteiger partial charge in [-0.1, -0.05) is 6.42 Å². The van der Waals surface area contributed by atoms with Crippen LogP contribution in [0.5, 0.6) is 0 Å². The minimum absolute atomic E-state index is 0.424. The lowest BCUT2D eigenvalue weighted by Gasteiger charge is -1.98. The molecule has 0 aromatic heterocycles.